The number of ether oxygens (including phenoxy) is 1. The molecule has 6 unspecified atom stereocenters. The fourth-order valence-corrected chi connectivity index (χ4v) is 5.16. The van der Waals surface area contributed by atoms with Gasteiger partial charge in [-0.15, -0.1) is 0 Å². The summed E-state index contributed by atoms with van der Waals surface area (Å²) in [5.41, 5.74) is -1.72. The number of hydrogen-bond donors (Lipinski definition) is 4. The van der Waals surface area contributed by atoms with Crippen molar-refractivity contribution in [2.24, 2.45) is 5.92 Å². The molecule has 2 rings (SSSR count). The lowest BCUT2D eigenvalue weighted by Crippen LogP contribution is -2.43. The number of nitrogens with one attached hydrogen (secondary N) is 2. The van der Waals surface area contributed by atoms with Crippen LogP contribution in [0.1, 0.15) is 78.4 Å². The molecule has 29 heavy (non-hydrogen) atoms. The van der Waals surface area contributed by atoms with Crippen molar-refractivity contribution in [2.75, 3.05) is 0 Å². The van der Waals surface area contributed by atoms with Gasteiger partial charge >= 0.3 is 13.3 Å². The van der Waals surface area contributed by atoms with Gasteiger partial charge in [0, 0.05) is 12.1 Å². The van der Waals surface area contributed by atoms with Crippen molar-refractivity contribution in [3.8, 4) is 0 Å². The van der Waals surface area contributed by atoms with Crippen LogP contribution in [0.5, 0.6) is 0 Å². The van der Waals surface area contributed by atoms with Gasteiger partial charge in [-0.1, -0.05) is 27.2 Å². The first-order chi connectivity index (χ1) is 13.4. The molecule has 0 saturated carbocycles. The molecule has 1 aliphatic heterocycles. The minimum Gasteiger partial charge on any atom is -0.378 e. The van der Waals surface area contributed by atoms with Gasteiger partial charge in [0.2, 0.25) is 0 Å². The first-order valence-electron chi connectivity index (χ1n) is 10.1. The molecule has 4 N–H and O–H groups in total. The molecular formula is C19H33N2O7P. The molecule has 1 saturated heterocycles. The molecule has 9 nitrogen and oxygen atoms in total. The highest BCUT2D eigenvalue weighted by atomic mass is 31.2. The fourth-order valence-electron chi connectivity index (χ4n) is 3.75. The summed E-state index contributed by atoms with van der Waals surface area (Å²) in [6.45, 7) is 8.53. The largest absolute Gasteiger partial charge is 0.378 e. The molecule has 0 spiro atoms. The van der Waals surface area contributed by atoms with E-state index >= 15 is 0 Å². The zero-order valence-corrected chi connectivity index (χ0v) is 18.6. The Labute approximate surface area is 170 Å². The van der Waals surface area contributed by atoms with Crippen LogP contribution in [0.15, 0.2) is 15.8 Å². The molecule has 1 aliphatic rings. The van der Waals surface area contributed by atoms with Gasteiger partial charge in [0.1, 0.15) is 0 Å². The summed E-state index contributed by atoms with van der Waals surface area (Å²) >= 11 is 0. The van der Waals surface area contributed by atoms with Crippen LogP contribution in [0.4, 0.5) is 0 Å². The molecule has 1 aromatic rings. The highest BCUT2D eigenvalue weighted by Gasteiger charge is 2.50. The van der Waals surface area contributed by atoms with Crippen LogP contribution >= 0.6 is 7.60 Å². The zero-order valence-electron chi connectivity index (χ0n) is 17.7. The summed E-state index contributed by atoms with van der Waals surface area (Å²) in [4.78, 5) is 38.4. The van der Waals surface area contributed by atoms with Gasteiger partial charge in [-0.3, -0.25) is 18.9 Å². The third kappa shape index (κ3) is 5.09. The average Bonchev–Trinajstić information content (AvgIpc) is 3.10. The van der Waals surface area contributed by atoms with E-state index in [9.17, 15) is 24.2 Å². The lowest BCUT2D eigenvalue weighted by Gasteiger charge is -2.42. The Morgan fingerprint density at radius 1 is 1.34 bits per heavy atom. The highest BCUT2D eigenvalue weighted by Crippen LogP contribution is 2.60. The highest BCUT2D eigenvalue weighted by molar-refractivity contribution is 7.54. The van der Waals surface area contributed by atoms with Crippen LogP contribution in [-0.4, -0.2) is 37.0 Å². The van der Waals surface area contributed by atoms with Crippen LogP contribution in [-0.2, 0) is 13.8 Å². The summed E-state index contributed by atoms with van der Waals surface area (Å²) in [6, 6.07) is 0. The van der Waals surface area contributed by atoms with Crippen molar-refractivity contribution in [3.63, 3.8) is 0 Å². The molecule has 0 bridgehead atoms. The summed E-state index contributed by atoms with van der Waals surface area (Å²) < 4.78 is 24.6. The van der Waals surface area contributed by atoms with E-state index in [1.54, 1.807) is 13.8 Å². The lowest BCUT2D eigenvalue weighted by molar-refractivity contribution is -0.0768. The Morgan fingerprint density at radius 2 is 2.00 bits per heavy atom. The van der Waals surface area contributed by atoms with Gasteiger partial charge in [0.15, 0.2) is 5.34 Å². The smallest absolute Gasteiger partial charge is 0.359 e. The third-order valence-corrected chi connectivity index (χ3v) is 8.32. The predicted molar refractivity (Wildman–Crippen MR) is 109 cm³/mol. The van der Waals surface area contributed by atoms with Gasteiger partial charge in [-0.05, 0) is 39.5 Å². The Kier molecular flexibility index (Phi) is 7.34. The van der Waals surface area contributed by atoms with Gasteiger partial charge < -0.3 is 19.7 Å². The van der Waals surface area contributed by atoms with Gasteiger partial charge in [0.25, 0.3) is 5.56 Å². The summed E-state index contributed by atoms with van der Waals surface area (Å²) in [6.07, 6.45) is 3.08. The normalized spacial score (nSPS) is 27.0. The van der Waals surface area contributed by atoms with Crippen molar-refractivity contribution in [1.29, 1.82) is 0 Å². The van der Waals surface area contributed by atoms with Crippen LogP contribution < -0.4 is 11.2 Å². The zero-order chi connectivity index (χ0) is 22.0. The molecule has 0 aliphatic carbocycles. The number of rotatable bonds is 9. The summed E-state index contributed by atoms with van der Waals surface area (Å²) in [7, 11) is -4.32. The Balaban J connectivity index is 2.22. The quantitative estimate of drug-likeness (QED) is 0.440. The minimum absolute atomic E-state index is 0.0777. The monoisotopic (exact) mass is 432 g/mol. The molecule has 6 atom stereocenters. The van der Waals surface area contributed by atoms with Gasteiger partial charge in [-0.2, -0.15) is 0 Å². The Morgan fingerprint density at radius 3 is 2.55 bits per heavy atom. The molecule has 166 valence electrons. The summed E-state index contributed by atoms with van der Waals surface area (Å²) in [5.74, 6) is -0.276. The van der Waals surface area contributed by atoms with Crippen molar-refractivity contribution >= 4 is 7.60 Å². The second kappa shape index (κ2) is 8.86. The minimum atomic E-state index is -4.32. The molecule has 0 aromatic carbocycles. The standard InChI is InChI=1S/C19H33N2O7P/c1-6-10-18(4,28-29(25,26)19(5,24)7-2)12(3)14-8-9-15(27-14)13-11-20-17(23)21-16(13)22/h11-12,14-15,24H,6-10H2,1-5H3,(H,25,26)(H2,20,21,22,23). The second-order valence-corrected chi connectivity index (χ2v) is 10.5. The number of H-pyrrole nitrogens is 2. The Hall–Kier alpha value is -1.25. The number of aromatic amines is 2. The topological polar surface area (TPSA) is 142 Å². The Bertz CT molecular complexity index is 865. The van der Waals surface area contributed by atoms with Gasteiger partial charge in [0.05, 0.1) is 23.4 Å². The molecule has 0 amide bonds. The van der Waals surface area contributed by atoms with E-state index in [-0.39, 0.29) is 18.4 Å². The SMILES string of the molecule is CCCC(C)(OP(=O)(O)C(C)(O)CC)C(C)C1CCC(c2c[nH]c(=O)[nH]c2=O)O1. The number of hydrogen-bond acceptors (Lipinski definition) is 6. The van der Waals surface area contributed by atoms with Gasteiger partial charge in [-0.25, -0.2) is 4.79 Å². The van der Waals surface area contributed by atoms with E-state index in [1.165, 1.54) is 13.1 Å². The van der Waals surface area contributed by atoms with E-state index in [1.807, 2.05) is 13.8 Å². The fraction of sp³-hybridized carbons (Fsp3) is 0.789. The molecule has 1 aromatic heterocycles. The van der Waals surface area contributed by atoms with E-state index < -0.39 is 35.9 Å². The summed E-state index contributed by atoms with van der Waals surface area (Å²) in [5, 5.41) is 8.49. The lowest BCUT2D eigenvalue weighted by atomic mass is 9.82. The average molecular weight is 432 g/mol. The van der Waals surface area contributed by atoms with Crippen molar-refractivity contribution < 1.29 is 23.8 Å². The molecular weight excluding hydrogens is 399 g/mol. The van der Waals surface area contributed by atoms with Crippen molar-refractivity contribution in [2.45, 2.75) is 89.9 Å². The first-order valence-corrected chi connectivity index (χ1v) is 11.7. The van der Waals surface area contributed by atoms with Crippen molar-refractivity contribution in [3.05, 3.63) is 32.6 Å². The molecule has 1 fully saturated rings. The van der Waals surface area contributed by atoms with E-state index in [0.29, 0.717) is 31.2 Å². The second-order valence-electron chi connectivity index (χ2n) is 8.30. The maximum absolute atomic E-state index is 12.8. The van der Waals surface area contributed by atoms with Crippen LogP contribution in [0, 0.1) is 5.92 Å². The third-order valence-electron chi connectivity index (χ3n) is 6.13. The first kappa shape index (κ1) is 24.0. The van der Waals surface area contributed by atoms with E-state index in [2.05, 4.69) is 9.97 Å². The van der Waals surface area contributed by atoms with Crippen molar-refractivity contribution in [1.82, 2.24) is 9.97 Å². The number of aliphatic hydroxyl groups is 1. The molecule has 0 radical (unpaired) electrons. The van der Waals surface area contributed by atoms with Crippen LogP contribution in [0.2, 0.25) is 0 Å². The molecule has 2 heterocycles. The maximum Gasteiger partial charge on any atom is 0.359 e. The van der Waals surface area contributed by atoms with Crippen LogP contribution in [0.3, 0.4) is 0 Å². The van der Waals surface area contributed by atoms with E-state index in [4.69, 9.17) is 9.26 Å². The molecule has 10 heteroatoms. The predicted octanol–water partition coefficient (Wildman–Crippen LogP) is 2.80. The maximum atomic E-state index is 12.8. The number of aromatic nitrogens is 2. The van der Waals surface area contributed by atoms with E-state index in [0.717, 1.165) is 0 Å². The van der Waals surface area contributed by atoms with Crippen LogP contribution in [0.25, 0.3) is 0 Å².